The molecular formula is C10H19N3O2. The second kappa shape index (κ2) is 5.11. The van der Waals surface area contributed by atoms with E-state index in [1.807, 2.05) is 0 Å². The highest BCUT2D eigenvalue weighted by Gasteiger charge is 2.22. The smallest absolute Gasteiger partial charge is 0.241 e. The van der Waals surface area contributed by atoms with Gasteiger partial charge in [0, 0.05) is 32.6 Å². The van der Waals surface area contributed by atoms with E-state index in [2.05, 4.69) is 0 Å². The molecule has 1 atom stereocenters. The Labute approximate surface area is 90.2 Å². The van der Waals surface area contributed by atoms with Gasteiger partial charge in [-0.05, 0) is 13.3 Å². The average Bonchev–Trinajstić information content (AvgIpc) is 2.28. The third kappa shape index (κ3) is 3.51. The molecule has 1 fully saturated rings. The summed E-state index contributed by atoms with van der Waals surface area (Å²) in [5.74, 6) is -0.0147. The molecule has 0 aromatic heterocycles. The zero-order valence-electron chi connectivity index (χ0n) is 9.40. The van der Waals surface area contributed by atoms with Crippen LogP contribution in [0.25, 0.3) is 0 Å². The van der Waals surface area contributed by atoms with Crippen molar-refractivity contribution in [2.75, 3.05) is 26.7 Å². The summed E-state index contributed by atoms with van der Waals surface area (Å²) in [7, 11) is 1.77. The number of rotatable bonds is 2. The minimum atomic E-state index is -0.145. The molecule has 1 saturated heterocycles. The van der Waals surface area contributed by atoms with Gasteiger partial charge in [0.05, 0.1) is 6.54 Å². The SMILES string of the molecule is CC(N)CC(=O)N1CCCN(C)C(=O)C1. The topological polar surface area (TPSA) is 66.6 Å². The van der Waals surface area contributed by atoms with Crippen molar-refractivity contribution in [3.05, 3.63) is 0 Å². The van der Waals surface area contributed by atoms with Crippen molar-refractivity contribution in [2.24, 2.45) is 5.73 Å². The monoisotopic (exact) mass is 213 g/mol. The molecule has 0 aromatic rings. The standard InChI is InChI=1S/C10H19N3O2/c1-8(11)6-9(14)13-5-3-4-12(2)10(15)7-13/h8H,3-7,11H2,1-2H3. The number of nitrogens with two attached hydrogens (primary N) is 1. The summed E-state index contributed by atoms with van der Waals surface area (Å²) < 4.78 is 0. The van der Waals surface area contributed by atoms with Crippen LogP contribution in [-0.4, -0.2) is 54.3 Å². The molecule has 0 aliphatic carbocycles. The molecule has 0 radical (unpaired) electrons. The predicted molar refractivity (Wildman–Crippen MR) is 57.1 cm³/mol. The molecule has 0 aromatic carbocycles. The van der Waals surface area contributed by atoms with Gasteiger partial charge in [-0.1, -0.05) is 0 Å². The van der Waals surface area contributed by atoms with Crippen molar-refractivity contribution in [1.82, 2.24) is 9.80 Å². The zero-order valence-corrected chi connectivity index (χ0v) is 9.40. The first kappa shape index (κ1) is 12.0. The van der Waals surface area contributed by atoms with Crippen LogP contribution in [0.4, 0.5) is 0 Å². The Balaban J connectivity index is 2.54. The summed E-state index contributed by atoms with van der Waals surface area (Å²) >= 11 is 0. The molecule has 5 nitrogen and oxygen atoms in total. The van der Waals surface area contributed by atoms with E-state index < -0.39 is 0 Å². The molecule has 1 aliphatic heterocycles. The molecule has 1 aliphatic rings. The van der Waals surface area contributed by atoms with E-state index in [1.54, 1.807) is 23.8 Å². The van der Waals surface area contributed by atoms with Crippen LogP contribution in [0.15, 0.2) is 0 Å². The molecule has 1 rings (SSSR count). The fourth-order valence-electron chi connectivity index (χ4n) is 1.60. The quantitative estimate of drug-likeness (QED) is 0.667. The number of hydrogen-bond acceptors (Lipinski definition) is 3. The maximum Gasteiger partial charge on any atom is 0.241 e. The van der Waals surface area contributed by atoms with E-state index in [9.17, 15) is 9.59 Å². The first-order valence-electron chi connectivity index (χ1n) is 5.28. The Morgan fingerprint density at radius 1 is 1.53 bits per heavy atom. The van der Waals surface area contributed by atoms with Crippen molar-refractivity contribution < 1.29 is 9.59 Å². The van der Waals surface area contributed by atoms with Crippen LogP contribution in [0.1, 0.15) is 19.8 Å². The first-order valence-corrected chi connectivity index (χ1v) is 5.28. The van der Waals surface area contributed by atoms with Gasteiger partial charge in [-0.3, -0.25) is 9.59 Å². The summed E-state index contributed by atoms with van der Waals surface area (Å²) in [6, 6.07) is -0.145. The Kier molecular flexibility index (Phi) is 4.08. The number of hydrogen-bond donors (Lipinski definition) is 1. The highest BCUT2D eigenvalue weighted by Crippen LogP contribution is 2.05. The lowest BCUT2D eigenvalue weighted by molar-refractivity contribution is -0.138. The molecule has 15 heavy (non-hydrogen) atoms. The van der Waals surface area contributed by atoms with E-state index >= 15 is 0 Å². The average molecular weight is 213 g/mol. The second-order valence-electron chi connectivity index (χ2n) is 4.17. The van der Waals surface area contributed by atoms with Crippen molar-refractivity contribution in [1.29, 1.82) is 0 Å². The van der Waals surface area contributed by atoms with Gasteiger partial charge >= 0.3 is 0 Å². The molecule has 86 valence electrons. The summed E-state index contributed by atoms with van der Waals surface area (Å²) in [4.78, 5) is 26.5. The second-order valence-corrected chi connectivity index (χ2v) is 4.17. The van der Waals surface area contributed by atoms with Gasteiger partial charge in [-0.25, -0.2) is 0 Å². The molecule has 2 N–H and O–H groups in total. The molecule has 2 amide bonds. The van der Waals surface area contributed by atoms with Crippen molar-refractivity contribution in [3.63, 3.8) is 0 Å². The van der Waals surface area contributed by atoms with Crippen molar-refractivity contribution in [2.45, 2.75) is 25.8 Å². The van der Waals surface area contributed by atoms with Crippen LogP contribution in [0.5, 0.6) is 0 Å². The number of likely N-dealkylation sites (N-methyl/N-ethyl adjacent to an activating group) is 1. The van der Waals surface area contributed by atoms with Crippen molar-refractivity contribution >= 4 is 11.8 Å². The van der Waals surface area contributed by atoms with Crippen LogP contribution in [0.2, 0.25) is 0 Å². The third-order valence-corrected chi connectivity index (χ3v) is 2.52. The summed E-state index contributed by atoms with van der Waals surface area (Å²) in [6.45, 7) is 3.37. The number of carbonyl (C=O) groups excluding carboxylic acids is 2. The lowest BCUT2D eigenvalue weighted by Crippen LogP contribution is -2.39. The van der Waals surface area contributed by atoms with Crippen LogP contribution in [0, 0.1) is 0 Å². The van der Waals surface area contributed by atoms with Gasteiger partial charge in [0.2, 0.25) is 11.8 Å². The lowest BCUT2D eigenvalue weighted by Gasteiger charge is -2.20. The fourth-order valence-corrected chi connectivity index (χ4v) is 1.60. The first-order chi connectivity index (χ1) is 7.00. The maximum absolute atomic E-state index is 11.7. The molecular weight excluding hydrogens is 194 g/mol. The highest BCUT2D eigenvalue weighted by molar-refractivity contribution is 5.85. The van der Waals surface area contributed by atoms with E-state index in [0.29, 0.717) is 13.0 Å². The van der Waals surface area contributed by atoms with E-state index in [0.717, 1.165) is 13.0 Å². The largest absolute Gasteiger partial charge is 0.344 e. The minimum absolute atomic E-state index is 0.00512. The number of carbonyl (C=O) groups is 2. The Morgan fingerprint density at radius 2 is 2.20 bits per heavy atom. The summed E-state index contributed by atoms with van der Waals surface area (Å²) in [5.41, 5.74) is 5.56. The van der Waals surface area contributed by atoms with Gasteiger partial charge in [-0.15, -0.1) is 0 Å². The van der Waals surface area contributed by atoms with Crippen LogP contribution in [0.3, 0.4) is 0 Å². The van der Waals surface area contributed by atoms with Gasteiger partial charge in [0.15, 0.2) is 0 Å². The third-order valence-electron chi connectivity index (χ3n) is 2.52. The number of nitrogens with zero attached hydrogens (tertiary/aromatic N) is 2. The fraction of sp³-hybridized carbons (Fsp3) is 0.800. The van der Waals surface area contributed by atoms with Gasteiger partial charge in [-0.2, -0.15) is 0 Å². The summed E-state index contributed by atoms with van der Waals surface area (Å²) in [6.07, 6.45) is 1.16. The van der Waals surface area contributed by atoms with Crippen LogP contribution < -0.4 is 5.73 Å². The molecule has 1 unspecified atom stereocenters. The molecule has 5 heteroatoms. The lowest BCUT2D eigenvalue weighted by atomic mass is 10.2. The molecule has 1 heterocycles. The van der Waals surface area contributed by atoms with Gasteiger partial charge in [0.25, 0.3) is 0 Å². The Bertz CT molecular complexity index is 253. The Morgan fingerprint density at radius 3 is 2.80 bits per heavy atom. The minimum Gasteiger partial charge on any atom is -0.344 e. The van der Waals surface area contributed by atoms with Gasteiger partial charge < -0.3 is 15.5 Å². The highest BCUT2D eigenvalue weighted by atomic mass is 16.2. The van der Waals surface area contributed by atoms with Crippen LogP contribution in [-0.2, 0) is 9.59 Å². The van der Waals surface area contributed by atoms with E-state index in [-0.39, 0.29) is 24.4 Å². The Hall–Kier alpha value is -1.10. The zero-order chi connectivity index (χ0) is 11.4. The van der Waals surface area contributed by atoms with Gasteiger partial charge in [0.1, 0.15) is 0 Å². The summed E-state index contributed by atoms with van der Waals surface area (Å²) in [5, 5.41) is 0. The maximum atomic E-state index is 11.7. The molecule has 0 saturated carbocycles. The molecule has 0 spiro atoms. The van der Waals surface area contributed by atoms with Crippen LogP contribution >= 0.6 is 0 Å². The number of amides is 2. The van der Waals surface area contributed by atoms with E-state index in [1.165, 1.54) is 0 Å². The molecule has 0 bridgehead atoms. The van der Waals surface area contributed by atoms with E-state index in [4.69, 9.17) is 5.73 Å². The normalized spacial score (nSPS) is 20.1. The van der Waals surface area contributed by atoms with Crippen molar-refractivity contribution in [3.8, 4) is 0 Å². The predicted octanol–water partition coefficient (Wildman–Crippen LogP) is -0.586.